The molecule has 1 N–H and O–H groups in total. The number of carbonyl (C=O) groups excluding carboxylic acids is 2. The minimum atomic E-state index is -0.647. The van der Waals surface area contributed by atoms with Gasteiger partial charge in [0, 0.05) is 22.2 Å². The van der Waals surface area contributed by atoms with E-state index in [1.807, 2.05) is 13.8 Å². The van der Waals surface area contributed by atoms with E-state index < -0.39 is 11.5 Å². The summed E-state index contributed by atoms with van der Waals surface area (Å²) in [5.74, 6) is -0.681. The molecule has 0 aliphatic heterocycles. The van der Waals surface area contributed by atoms with E-state index in [0.717, 1.165) is 4.68 Å². The first kappa shape index (κ1) is 21.0. The Balaban J connectivity index is 2.22. The molecule has 29 heavy (non-hydrogen) atoms. The van der Waals surface area contributed by atoms with Crippen LogP contribution in [0.3, 0.4) is 0 Å². The summed E-state index contributed by atoms with van der Waals surface area (Å²) >= 11 is 7.23. The Morgan fingerprint density at radius 1 is 1.34 bits per heavy atom. The molecule has 152 valence electrons. The van der Waals surface area contributed by atoms with Crippen LogP contribution in [-0.2, 0) is 9.53 Å². The van der Waals surface area contributed by atoms with Crippen molar-refractivity contribution in [3.05, 3.63) is 50.7 Å². The number of thiophene rings is 1. The third kappa shape index (κ3) is 4.49. The molecule has 1 amide bonds. The van der Waals surface area contributed by atoms with Crippen molar-refractivity contribution < 1.29 is 14.3 Å². The van der Waals surface area contributed by atoms with Gasteiger partial charge in [-0.3, -0.25) is 9.59 Å². The van der Waals surface area contributed by atoms with E-state index in [2.05, 4.69) is 10.4 Å². The van der Waals surface area contributed by atoms with E-state index in [1.54, 1.807) is 36.6 Å². The lowest BCUT2D eigenvalue weighted by molar-refractivity contribution is -0.116. The number of carbonyl (C=O) groups is 2. The van der Waals surface area contributed by atoms with E-state index in [1.165, 1.54) is 11.3 Å². The largest absolute Gasteiger partial charge is 0.461 e. The molecule has 1 aromatic carbocycles. The molecule has 0 bridgehead atoms. The lowest BCUT2D eigenvalue weighted by Crippen LogP contribution is -2.25. The standard InChI is InChI=1S/C20H20ClN3O4S/c1-4-28-20(27)17-14-10-29-18(22-15(25)8-11(2)3)16(14)19(26)24(23-17)13-7-5-6-12(21)9-13/h5-7,9-11H,4,8H2,1-3H3,(H,22,25). The van der Waals surface area contributed by atoms with Gasteiger partial charge in [0.15, 0.2) is 5.69 Å². The Morgan fingerprint density at radius 3 is 2.76 bits per heavy atom. The highest BCUT2D eigenvalue weighted by Gasteiger charge is 2.23. The summed E-state index contributed by atoms with van der Waals surface area (Å²) in [5, 5.41) is 10.0. The second-order valence-electron chi connectivity index (χ2n) is 6.77. The molecular formula is C20H20ClN3O4S. The van der Waals surface area contributed by atoms with Crippen LogP contribution in [0.4, 0.5) is 5.00 Å². The number of rotatable bonds is 6. The molecule has 0 aliphatic rings. The first-order valence-electron chi connectivity index (χ1n) is 9.09. The van der Waals surface area contributed by atoms with Gasteiger partial charge in [-0.05, 0) is 31.0 Å². The second kappa shape index (κ2) is 8.75. The number of nitrogens with one attached hydrogen (secondary N) is 1. The fraction of sp³-hybridized carbons (Fsp3) is 0.300. The molecule has 0 aliphatic carbocycles. The summed E-state index contributed by atoms with van der Waals surface area (Å²) in [6, 6.07) is 6.58. The van der Waals surface area contributed by atoms with Crippen molar-refractivity contribution in [3.8, 4) is 5.69 Å². The third-order valence-corrected chi connectivity index (χ3v) is 5.15. The average Bonchev–Trinajstić information content (AvgIpc) is 3.05. The molecular weight excluding hydrogens is 414 g/mol. The topological polar surface area (TPSA) is 90.3 Å². The first-order chi connectivity index (χ1) is 13.8. The van der Waals surface area contributed by atoms with Crippen molar-refractivity contribution in [2.45, 2.75) is 27.2 Å². The Kier molecular flexibility index (Phi) is 6.34. The maximum Gasteiger partial charge on any atom is 0.359 e. The van der Waals surface area contributed by atoms with Crippen LogP contribution in [0.1, 0.15) is 37.7 Å². The van der Waals surface area contributed by atoms with E-state index in [0.29, 0.717) is 27.5 Å². The van der Waals surface area contributed by atoms with Gasteiger partial charge in [-0.2, -0.15) is 9.78 Å². The second-order valence-corrected chi connectivity index (χ2v) is 8.08. The predicted molar refractivity (Wildman–Crippen MR) is 114 cm³/mol. The van der Waals surface area contributed by atoms with Crippen molar-refractivity contribution in [2.24, 2.45) is 5.92 Å². The maximum atomic E-state index is 13.2. The highest BCUT2D eigenvalue weighted by molar-refractivity contribution is 7.16. The molecule has 0 fully saturated rings. The molecule has 0 unspecified atom stereocenters. The molecule has 2 aromatic heterocycles. The highest BCUT2D eigenvalue weighted by Crippen LogP contribution is 2.31. The van der Waals surface area contributed by atoms with Gasteiger partial charge < -0.3 is 10.1 Å². The fourth-order valence-corrected chi connectivity index (χ4v) is 3.96. The van der Waals surface area contributed by atoms with Crippen molar-refractivity contribution in [1.82, 2.24) is 9.78 Å². The number of hydrogen-bond acceptors (Lipinski definition) is 6. The molecule has 2 heterocycles. The van der Waals surface area contributed by atoms with Crippen molar-refractivity contribution in [2.75, 3.05) is 11.9 Å². The van der Waals surface area contributed by atoms with Gasteiger partial charge in [0.05, 0.1) is 17.7 Å². The molecule has 7 nitrogen and oxygen atoms in total. The van der Waals surface area contributed by atoms with Gasteiger partial charge in [-0.15, -0.1) is 11.3 Å². The monoisotopic (exact) mass is 433 g/mol. The smallest absolute Gasteiger partial charge is 0.359 e. The van der Waals surface area contributed by atoms with E-state index >= 15 is 0 Å². The van der Waals surface area contributed by atoms with Crippen molar-refractivity contribution >= 4 is 50.6 Å². The Bertz CT molecular complexity index is 1140. The number of hydrogen-bond donors (Lipinski definition) is 1. The summed E-state index contributed by atoms with van der Waals surface area (Å²) in [7, 11) is 0. The predicted octanol–water partition coefficient (Wildman–Crippen LogP) is 4.26. The zero-order valence-corrected chi connectivity index (χ0v) is 17.8. The Labute approximate surface area is 176 Å². The number of fused-ring (bicyclic) bond motifs is 1. The fourth-order valence-electron chi connectivity index (χ4n) is 2.82. The van der Waals surface area contributed by atoms with Gasteiger partial charge in [-0.25, -0.2) is 4.79 Å². The van der Waals surface area contributed by atoms with Crippen LogP contribution in [-0.4, -0.2) is 28.3 Å². The number of nitrogens with zero attached hydrogens (tertiary/aromatic N) is 2. The average molecular weight is 434 g/mol. The Morgan fingerprint density at radius 2 is 2.10 bits per heavy atom. The Hall–Kier alpha value is -2.71. The van der Waals surface area contributed by atoms with Crippen molar-refractivity contribution in [3.63, 3.8) is 0 Å². The van der Waals surface area contributed by atoms with Gasteiger partial charge in [-0.1, -0.05) is 31.5 Å². The number of anilines is 1. The number of ether oxygens (including phenoxy) is 1. The summed E-state index contributed by atoms with van der Waals surface area (Å²) in [4.78, 5) is 38.0. The van der Waals surface area contributed by atoms with Crippen LogP contribution < -0.4 is 10.9 Å². The zero-order chi connectivity index (χ0) is 21.1. The summed E-state index contributed by atoms with van der Waals surface area (Å²) in [6.45, 7) is 5.72. The third-order valence-electron chi connectivity index (χ3n) is 4.02. The highest BCUT2D eigenvalue weighted by atomic mass is 35.5. The number of aromatic nitrogens is 2. The van der Waals surface area contributed by atoms with E-state index in [4.69, 9.17) is 16.3 Å². The van der Waals surface area contributed by atoms with Crippen LogP contribution in [0.2, 0.25) is 5.02 Å². The molecule has 0 atom stereocenters. The SMILES string of the molecule is CCOC(=O)c1nn(-c2cccc(Cl)c2)c(=O)c2c(NC(=O)CC(C)C)scc12. The van der Waals surface area contributed by atoms with E-state index in [9.17, 15) is 14.4 Å². The van der Waals surface area contributed by atoms with Crippen LogP contribution in [0.15, 0.2) is 34.4 Å². The van der Waals surface area contributed by atoms with Crippen molar-refractivity contribution in [1.29, 1.82) is 0 Å². The summed E-state index contributed by atoms with van der Waals surface area (Å²) in [6.07, 6.45) is 0.317. The van der Waals surface area contributed by atoms with Crippen LogP contribution in [0.25, 0.3) is 16.5 Å². The van der Waals surface area contributed by atoms with Crippen LogP contribution in [0.5, 0.6) is 0 Å². The van der Waals surface area contributed by atoms with Gasteiger partial charge >= 0.3 is 5.97 Å². The quantitative estimate of drug-likeness (QED) is 0.586. The molecule has 0 spiro atoms. The number of amides is 1. The maximum absolute atomic E-state index is 13.2. The number of esters is 1. The lowest BCUT2D eigenvalue weighted by Gasteiger charge is -2.10. The summed E-state index contributed by atoms with van der Waals surface area (Å²) in [5.41, 5.74) is -0.0564. The molecule has 9 heteroatoms. The number of halogens is 1. The normalized spacial score (nSPS) is 11.1. The molecule has 0 radical (unpaired) electrons. The van der Waals surface area contributed by atoms with Crippen LogP contribution in [0, 0.1) is 5.92 Å². The van der Waals surface area contributed by atoms with Gasteiger partial charge in [0.1, 0.15) is 5.00 Å². The molecule has 3 rings (SSSR count). The molecule has 0 saturated heterocycles. The minimum absolute atomic E-state index is 0.00188. The first-order valence-corrected chi connectivity index (χ1v) is 10.3. The zero-order valence-electron chi connectivity index (χ0n) is 16.2. The summed E-state index contributed by atoms with van der Waals surface area (Å²) < 4.78 is 6.21. The number of benzene rings is 1. The van der Waals surface area contributed by atoms with E-state index in [-0.39, 0.29) is 29.5 Å². The lowest BCUT2D eigenvalue weighted by atomic mass is 10.1. The minimum Gasteiger partial charge on any atom is -0.461 e. The molecule has 3 aromatic rings. The van der Waals surface area contributed by atoms with Crippen LogP contribution >= 0.6 is 22.9 Å². The van der Waals surface area contributed by atoms with Gasteiger partial charge in [0.25, 0.3) is 5.56 Å². The van der Waals surface area contributed by atoms with Gasteiger partial charge in [0.2, 0.25) is 5.91 Å². The molecule has 0 saturated carbocycles.